The number of hydrogen-bond donors (Lipinski definition) is 1. The highest BCUT2D eigenvalue weighted by Crippen LogP contribution is 2.34. The van der Waals surface area contributed by atoms with E-state index >= 15 is 0 Å². The summed E-state index contributed by atoms with van der Waals surface area (Å²) in [5.74, 6) is 1.06. The Balaban J connectivity index is 2.31. The lowest BCUT2D eigenvalue weighted by atomic mass is 10.3. The van der Waals surface area contributed by atoms with E-state index < -0.39 is 0 Å². The van der Waals surface area contributed by atoms with Crippen LogP contribution in [0.2, 0.25) is 10.0 Å². The van der Waals surface area contributed by atoms with Crippen LogP contribution in [0.25, 0.3) is 0 Å². The van der Waals surface area contributed by atoms with Gasteiger partial charge in [-0.05, 0) is 46.3 Å². The van der Waals surface area contributed by atoms with Gasteiger partial charge in [0.2, 0.25) is 0 Å². The first-order valence-electron chi connectivity index (χ1n) is 4.67. The van der Waals surface area contributed by atoms with Crippen LogP contribution in [0.3, 0.4) is 0 Å². The lowest BCUT2D eigenvalue weighted by Crippen LogP contribution is -1.85. The van der Waals surface area contributed by atoms with Crippen LogP contribution in [-0.2, 0) is 0 Å². The number of phenols is 1. The average Bonchev–Trinajstić information content (AvgIpc) is 2.29. The second-order valence-corrected chi connectivity index (χ2v) is 4.96. The van der Waals surface area contributed by atoms with Crippen molar-refractivity contribution in [2.75, 3.05) is 0 Å². The lowest BCUT2D eigenvalue weighted by molar-refractivity contribution is 0.455. The smallest absolute Gasteiger partial charge is 0.149 e. The molecule has 5 heteroatoms. The second kappa shape index (κ2) is 5.17. The highest BCUT2D eigenvalue weighted by Gasteiger charge is 2.06. The molecule has 0 amide bonds. The van der Waals surface area contributed by atoms with E-state index in [1.807, 2.05) is 0 Å². The molecule has 0 aliphatic heterocycles. The molecule has 0 bridgehead atoms. The van der Waals surface area contributed by atoms with Gasteiger partial charge < -0.3 is 9.84 Å². The van der Waals surface area contributed by atoms with Crippen LogP contribution in [0.5, 0.6) is 17.2 Å². The van der Waals surface area contributed by atoms with Crippen LogP contribution in [0.1, 0.15) is 0 Å². The molecule has 88 valence electrons. The summed E-state index contributed by atoms with van der Waals surface area (Å²) in [6, 6.07) is 9.66. The van der Waals surface area contributed by atoms with Gasteiger partial charge in [-0.2, -0.15) is 0 Å². The number of halogens is 3. The molecule has 17 heavy (non-hydrogen) atoms. The summed E-state index contributed by atoms with van der Waals surface area (Å²) in [6.07, 6.45) is 0. The summed E-state index contributed by atoms with van der Waals surface area (Å²) in [6.45, 7) is 0. The van der Waals surface area contributed by atoms with Crippen LogP contribution in [0.15, 0.2) is 40.9 Å². The Morgan fingerprint density at radius 2 is 1.71 bits per heavy atom. The molecule has 0 aliphatic carbocycles. The Labute approximate surface area is 117 Å². The molecule has 0 spiro atoms. The number of ether oxygens (including phenoxy) is 1. The van der Waals surface area contributed by atoms with Crippen molar-refractivity contribution in [3.05, 3.63) is 50.9 Å². The van der Waals surface area contributed by atoms with Crippen LogP contribution < -0.4 is 4.74 Å². The van der Waals surface area contributed by atoms with Crippen molar-refractivity contribution in [2.24, 2.45) is 0 Å². The Morgan fingerprint density at radius 1 is 1.00 bits per heavy atom. The maximum atomic E-state index is 9.35. The predicted octanol–water partition coefficient (Wildman–Crippen LogP) is 5.25. The van der Waals surface area contributed by atoms with E-state index in [9.17, 15) is 5.11 Å². The maximum absolute atomic E-state index is 9.35. The van der Waals surface area contributed by atoms with E-state index in [4.69, 9.17) is 27.9 Å². The first-order chi connectivity index (χ1) is 8.06. The van der Waals surface area contributed by atoms with Gasteiger partial charge in [-0.3, -0.25) is 0 Å². The van der Waals surface area contributed by atoms with Gasteiger partial charge >= 0.3 is 0 Å². The third kappa shape index (κ3) is 3.06. The van der Waals surface area contributed by atoms with Crippen LogP contribution >= 0.6 is 39.1 Å². The van der Waals surface area contributed by atoms with Crippen LogP contribution in [0.4, 0.5) is 0 Å². The third-order valence-electron chi connectivity index (χ3n) is 2.03. The molecule has 0 aliphatic rings. The largest absolute Gasteiger partial charge is 0.508 e. The number of aromatic hydroxyl groups is 1. The Bertz CT molecular complexity index is 558. The molecule has 0 saturated heterocycles. The van der Waals surface area contributed by atoms with E-state index in [1.165, 1.54) is 12.1 Å². The molecular weight excluding hydrogens is 327 g/mol. The van der Waals surface area contributed by atoms with Gasteiger partial charge in [0.15, 0.2) is 0 Å². The molecule has 0 atom stereocenters. The highest BCUT2D eigenvalue weighted by molar-refractivity contribution is 9.10. The van der Waals surface area contributed by atoms with Crippen molar-refractivity contribution in [3.8, 4) is 17.2 Å². The second-order valence-electron chi connectivity index (χ2n) is 3.29. The SMILES string of the molecule is Oc1ccc(Cl)c(Oc2ccc(Cl)c(Br)c2)c1. The van der Waals surface area contributed by atoms with Crippen molar-refractivity contribution in [1.29, 1.82) is 0 Å². The molecule has 2 nitrogen and oxygen atoms in total. The fourth-order valence-corrected chi connectivity index (χ4v) is 1.87. The first kappa shape index (κ1) is 12.6. The summed E-state index contributed by atoms with van der Waals surface area (Å²) in [7, 11) is 0. The van der Waals surface area contributed by atoms with E-state index in [0.29, 0.717) is 21.5 Å². The fourth-order valence-electron chi connectivity index (χ4n) is 1.24. The molecular formula is C12H7BrCl2O2. The van der Waals surface area contributed by atoms with Gasteiger partial charge in [0, 0.05) is 10.5 Å². The molecule has 2 aromatic carbocycles. The van der Waals surface area contributed by atoms with Crippen molar-refractivity contribution in [3.63, 3.8) is 0 Å². The summed E-state index contributed by atoms with van der Waals surface area (Å²) in [5.41, 5.74) is 0. The van der Waals surface area contributed by atoms with E-state index in [0.717, 1.165) is 4.47 Å². The van der Waals surface area contributed by atoms with Gasteiger partial charge in [0.05, 0.1) is 10.0 Å². The van der Waals surface area contributed by atoms with Gasteiger partial charge in [-0.15, -0.1) is 0 Å². The summed E-state index contributed by atoms with van der Waals surface area (Å²) >= 11 is 15.1. The molecule has 2 rings (SSSR count). The van der Waals surface area contributed by atoms with Gasteiger partial charge in [-0.1, -0.05) is 23.2 Å². The van der Waals surface area contributed by atoms with Crippen LogP contribution in [0, 0.1) is 0 Å². The normalized spacial score (nSPS) is 10.3. The van der Waals surface area contributed by atoms with Crippen molar-refractivity contribution in [1.82, 2.24) is 0 Å². The van der Waals surface area contributed by atoms with E-state index in [1.54, 1.807) is 24.3 Å². The molecule has 0 heterocycles. The van der Waals surface area contributed by atoms with Gasteiger partial charge in [-0.25, -0.2) is 0 Å². The monoisotopic (exact) mass is 332 g/mol. The molecule has 0 unspecified atom stereocenters. The molecule has 0 fully saturated rings. The summed E-state index contributed by atoms with van der Waals surface area (Å²) in [4.78, 5) is 0. The van der Waals surface area contributed by atoms with Crippen molar-refractivity contribution < 1.29 is 9.84 Å². The number of benzene rings is 2. The molecule has 0 aromatic heterocycles. The third-order valence-corrected chi connectivity index (χ3v) is 3.56. The number of hydrogen-bond acceptors (Lipinski definition) is 2. The first-order valence-corrected chi connectivity index (χ1v) is 6.22. The summed E-state index contributed by atoms with van der Waals surface area (Å²) in [5, 5.41) is 10.4. The number of phenolic OH excluding ortho intramolecular Hbond substituents is 1. The average molecular weight is 334 g/mol. The van der Waals surface area contributed by atoms with E-state index in [-0.39, 0.29) is 5.75 Å². The molecule has 2 aromatic rings. The predicted molar refractivity (Wildman–Crippen MR) is 72.3 cm³/mol. The van der Waals surface area contributed by atoms with Crippen molar-refractivity contribution >= 4 is 39.1 Å². The Hall–Kier alpha value is -0.900. The zero-order valence-electron chi connectivity index (χ0n) is 8.45. The standard InChI is InChI=1S/C12H7BrCl2O2/c13-9-6-8(2-4-10(9)14)17-12-5-7(16)1-3-11(12)15/h1-6,16H. The zero-order valence-corrected chi connectivity index (χ0v) is 11.6. The summed E-state index contributed by atoms with van der Waals surface area (Å²) < 4.78 is 6.27. The molecule has 1 N–H and O–H groups in total. The zero-order chi connectivity index (χ0) is 12.4. The maximum Gasteiger partial charge on any atom is 0.149 e. The molecule has 0 saturated carbocycles. The number of rotatable bonds is 2. The quantitative estimate of drug-likeness (QED) is 0.812. The minimum atomic E-state index is 0.0948. The molecule has 0 radical (unpaired) electrons. The minimum absolute atomic E-state index is 0.0948. The minimum Gasteiger partial charge on any atom is -0.508 e. The topological polar surface area (TPSA) is 29.5 Å². The van der Waals surface area contributed by atoms with Crippen molar-refractivity contribution in [2.45, 2.75) is 0 Å². The lowest BCUT2D eigenvalue weighted by Gasteiger charge is -2.08. The van der Waals surface area contributed by atoms with Crippen LogP contribution in [-0.4, -0.2) is 5.11 Å². The fraction of sp³-hybridized carbons (Fsp3) is 0. The van der Waals surface area contributed by atoms with Gasteiger partial charge in [0.25, 0.3) is 0 Å². The van der Waals surface area contributed by atoms with Gasteiger partial charge in [0.1, 0.15) is 17.2 Å². The Morgan fingerprint density at radius 3 is 2.41 bits per heavy atom. The Kier molecular flexibility index (Phi) is 3.82. The highest BCUT2D eigenvalue weighted by atomic mass is 79.9. The van der Waals surface area contributed by atoms with E-state index in [2.05, 4.69) is 15.9 Å².